The molecule has 1 saturated heterocycles. The summed E-state index contributed by atoms with van der Waals surface area (Å²) < 4.78 is 5.73. The summed E-state index contributed by atoms with van der Waals surface area (Å²) in [5.41, 5.74) is 0. The quantitative estimate of drug-likeness (QED) is 0.741. The molecule has 1 aliphatic heterocycles. The highest BCUT2D eigenvalue weighted by Gasteiger charge is 2.36. The lowest BCUT2D eigenvalue weighted by atomic mass is 9.84. The van der Waals surface area contributed by atoms with Crippen LogP contribution in [-0.4, -0.2) is 49.3 Å². The minimum atomic E-state index is 0.555. The van der Waals surface area contributed by atoms with Gasteiger partial charge in [-0.25, -0.2) is 0 Å². The fourth-order valence-corrected chi connectivity index (χ4v) is 3.39. The van der Waals surface area contributed by atoms with Crippen LogP contribution in [0.1, 0.15) is 54.4 Å². The molecule has 1 heterocycles. The zero-order valence-electron chi connectivity index (χ0n) is 14.5. The summed E-state index contributed by atoms with van der Waals surface area (Å²) in [7, 11) is 0. The third-order valence-electron chi connectivity index (χ3n) is 4.96. The van der Waals surface area contributed by atoms with Crippen molar-refractivity contribution < 1.29 is 4.74 Å². The van der Waals surface area contributed by atoms with Crippen molar-refractivity contribution in [3.05, 3.63) is 0 Å². The molecule has 1 rings (SSSR count). The lowest BCUT2D eigenvalue weighted by molar-refractivity contribution is -0.0147. The van der Waals surface area contributed by atoms with E-state index in [1.54, 1.807) is 0 Å². The van der Waals surface area contributed by atoms with Gasteiger partial charge < -0.3 is 10.1 Å². The SMILES string of the molecule is CCCNC1CCN(C(COCC)C(C)C)C(C)C1C. The number of piperidine rings is 1. The summed E-state index contributed by atoms with van der Waals surface area (Å²) in [5, 5.41) is 3.73. The van der Waals surface area contributed by atoms with Crippen molar-refractivity contribution in [2.24, 2.45) is 11.8 Å². The lowest BCUT2D eigenvalue weighted by Crippen LogP contribution is -2.58. The normalized spacial score (nSPS) is 29.9. The summed E-state index contributed by atoms with van der Waals surface area (Å²) in [5.74, 6) is 1.36. The summed E-state index contributed by atoms with van der Waals surface area (Å²) in [6, 6.07) is 1.87. The number of rotatable bonds is 8. The molecule has 0 aliphatic carbocycles. The van der Waals surface area contributed by atoms with Gasteiger partial charge in [-0.05, 0) is 45.1 Å². The lowest BCUT2D eigenvalue weighted by Gasteiger charge is -2.47. The Bertz CT molecular complexity index is 257. The van der Waals surface area contributed by atoms with Crippen molar-refractivity contribution >= 4 is 0 Å². The van der Waals surface area contributed by atoms with Gasteiger partial charge >= 0.3 is 0 Å². The van der Waals surface area contributed by atoms with Crippen molar-refractivity contribution in [1.29, 1.82) is 0 Å². The van der Waals surface area contributed by atoms with E-state index in [0.717, 1.165) is 19.8 Å². The Morgan fingerprint density at radius 3 is 2.50 bits per heavy atom. The highest BCUT2D eigenvalue weighted by atomic mass is 16.5. The van der Waals surface area contributed by atoms with E-state index >= 15 is 0 Å². The molecule has 4 atom stereocenters. The molecule has 0 radical (unpaired) electrons. The molecule has 0 bridgehead atoms. The molecule has 0 amide bonds. The minimum absolute atomic E-state index is 0.555. The molecule has 0 aromatic rings. The van der Waals surface area contributed by atoms with Crippen molar-refractivity contribution in [3.63, 3.8) is 0 Å². The topological polar surface area (TPSA) is 24.5 Å². The molecular formula is C17H36N2O. The van der Waals surface area contributed by atoms with E-state index in [1.807, 2.05) is 0 Å². The maximum atomic E-state index is 5.73. The van der Waals surface area contributed by atoms with Crippen LogP contribution >= 0.6 is 0 Å². The van der Waals surface area contributed by atoms with Gasteiger partial charge in [0.15, 0.2) is 0 Å². The summed E-state index contributed by atoms with van der Waals surface area (Å²) in [6.07, 6.45) is 2.49. The fraction of sp³-hybridized carbons (Fsp3) is 1.00. The molecule has 1 N–H and O–H groups in total. The first-order valence-corrected chi connectivity index (χ1v) is 8.59. The van der Waals surface area contributed by atoms with E-state index in [0.29, 0.717) is 30.0 Å². The maximum absolute atomic E-state index is 5.73. The number of nitrogens with one attached hydrogen (secondary N) is 1. The van der Waals surface area contributed by atoms with Crippen LogP contribution in [0.25, 0.3) is 0 Å². The molecule has 20 heavy (non-hydrogen) atoms. The largest absolute Gasteiger partial charge is 0.380 e. The molecule has 1 fully saturated rings. The van der Waals surface area contributed by atoms with Crippen LogP contribution in [0.2, 0.25) is 0 Å². The maximum Gasteiger partial charge on any atom is 0.0624 e. The number of nitrogens with zero attached hydrogens (tertiary/aromatic N) is 1. The zero-order valence-corrected chi connectivity index (χ0v) is 14.5. The van der Waals surface area contributed by atoms with Crippen molar-refractivity contribution in [2.45, 2.75) is 72.5 Å². The Morgan fingerprint density at radius 1 is 1.25 bits per heavy atom. The summed E-state index contributed by atoms with van der Waals surface area (Å²) in [6.45, 7) is 17.8. The predicted octanol–water partition coefficient (Wildman–Crippen LogP) is 3.15. The second-order valence-corrected chi connectivity index (χ2v) is 6.66. The highest BCUT2D eigenvalue weighted by molar-refractivity contribution is 4.92. The van der Waals surface area contributed by atoms with Gasteiger partial charge in [0.2, 0.25) is 0 Å². The first kappa shape index (κ1) is 17.9. The van der Waals surface area contributed by atoms with E-state index in [4.69, 9.17) is 4.74 Å². The van der Waals surface area contributed by atoms with E-state index in [1.165, 1.54) is 19.4 Å². The van der Waals surface area contributed by atoms with E-state index in [9.17, 15) is 0 Å². The Morgan fingerprint density at radius 2 is 1.95 bits per heavy atom. The summed E-state index contributed by atoms with van der Waals surface area (Å²) >= 11 is 0. The third kappa shape index (κ3) is 4.71. The molecule has 0 spiro atoms. The van der Waals surface area contributed by atoms with Gasteiger partial charge in [-0.1, -0.05) is 27.7 Å². The molecule has 0 aromatic heterocycles. The first-order valence-electron chi connectivity index (χ1n) is 8.59. The molecule has 4 unspecified atom stereocenters. The van der Waals surface area contributed by atoms with Gasteiger partial charge in [0.1, 0.15) is 0 Å². The number of hydrogen-bond acceptors (Lipinski definition) is 3. The standard InChI is InChI=1S/C17H36N2O/c1-7-10-18-16-9-11-19(15(6)14(16)5)17(13(3)4)12-20-8-2/h13-18H,7-12H2,1-6H3. The van der Waals surface area contributed by atoms with Gasteiger partial charge in [-0.3, -0.25) is 4.90 Å². The van der Waals surface area contributed by atoms with Crippen LogP contribution in [0, 0.1) is 11.8 Å². The molecule has 3 nitrogen and oxygen atoms in total. The molecule has 1 aliphatic rings. The van der Waals surface area contributed by atoms with E-state index in [2.05, 4.69) is 51.8 Å². The predicted molar refractivity (Wildman–Crippen MR) is 87.1 cm³/mol. The van der Waals surface area contributed by atoms with E-state index < -0.39 is 0 Å². The average molecular weight is 284 g/mol. The number of likely N-dealkylation sites (tertiary alicyclic amines) is 1. The Labute approximate surface area is 126 Å². The molecule has 120 valence electrons. The van der Waals surface area contributed by atoms with Crippen molar-refractivity contribution in [2.75, 3.05) is 26.3 Å². The second kappa shape index (κ2) is 9.01. The summed E-state index contributed by atoms with van der Waals surface area (Å²) in [4.78, 5) is 2.69. The first-order chi connectivity index (χ1) is 9.52. The Hall–Kier alpha value is -0.120. The van der Waals surface area contributed by atoms with Gasteiger partial charge in [0.05, 0.1) is 6.61 Å². The smallest absolute Gasteiger partial charge is 0.0624 e. The van der Waals surface area contributed by atoms with Crippen LogP contribution in [0.15, 0.2) is 0 Å². The van der Waals surface area contributed by atoms with Crippen molar-refractivity contribution in [3.8, 4) is 0 Å². The molecule has 0 aromatic carbocycles. The zero-order chi connectivity index (χ0) is 15.1. The Kier molecular flexibility index (Phi) is 8.08. The van der Waals surface area contributed by atoms with Gasteiger partial charge in [0.25, 0.3) is 0 Å². The molecular weight excluding hydrogens is 248 g/mol. The van der Waals surface area contributed by atoms with E-state index in [-0.39, 0.29) is 0 Å². The van der Waals surface area contributed by atoms with Crippen LogP contribution < -0.4 is 5.32 Å². The van der Waals surface area contributed by atoms with Crippen molar-refractivity contribution in [1.82, 2.24) is 10.2 Å². The highest BCUT2D eigenvalue weighted by Crippen LogP contribution is 2.28. The fourth-order valence-electron chi connectivity index (χ4n) is 3.39. The number of hydrogen-bond donors (Lipinski definition) is 1. The number of ether oxygens (including phenoxy) is 1. The van der Waals surface area contributed by atoms with Gasteiger partial charge in [0, 0.05) is 31.3 Å². The minimum Gasteiger partial charge on any atom is -0.380 e. The monoisotopic (exact) mass is 284 g/mol. The average Bonchev–Trinajstić information content (AvgIpc) is 2.42. The Balaban J connectivity index is 2.63. The van der Waals surface area contributed by atoms with Crippen LogP contribution in [0.4, 0.5) is 0 Å². The molecule has 3 heteroatoms. The second-order valence-electron chi connectivity index (χ2n) is 6.66. The van der Waals surface area contributed by atoms with Crippen LogP contribution in [-0.2, 0) is 4.74 Å². The van der Waals surface area contributed by atoms with Gasteiger partial charge in [-0.2, -0.15) is 0 Å². The third-order valence-corrected chi connectivity index (χ3v) is 4.96. The van der Waals surface area contributed by atoms with Gasteiger partial charge in [-0.15, -0.1) is 0 Å². The van der Waals surface area contributed by atoms with Crippen LogP contribution in [0.3, 0.4) is 0 Å². The molecule has 0 saturated carbocycles. The van der Waals surface area contributed by atoms with Crippen LogP contribution in [0.5, 0.6) is 0 Å².